The fourth-order valence-corrected chi connectivity index (χ4v) is 5.44. The Bertz CT molecular complexity index is 308. The van der Waals surface area contributed by atoms with E-state index in [1.165, 1.54) is 0 Å². The minimum Gasteiger partial charge on any atom is -0.307 e. The van der Waals surface area contributed by atoms with E-state index in [1.54, 1.807) is 0 Å². The molecule has 0 heterocycles. The molecule has 0 saturated carbocycles. The van der Waals surface area contributed by atoms with Gasteiger partial charge in [-0.15, -0.1) is 0 Å². The lowest BCUT2D eigenvalue weighted by atomic mass is 10.3. The van der Waals surface area contributed by atoms with E-state index in [0.29, 0.717) is 5.92 Å². The Kier molecular flexibility index (Phi) is 3.75. The lowest BCUT2D eigenvalue weighted by molar-refractivity contribution is 0.583. The molecule has 0 saturated heterocycles. The number of hydrogen-bond donors (Lipinski definition) is 0. The van der Waals surface area contributed by atoms with Crippen LogP contribution in [0.5, 0.6) is 0 Å². The van der Waals surface area contributed by atoms with Crippen molar-refractivity contribution in [2.24, 2.45) is 5.92 Å². The molecule has 0 unspecified atom stereocenters. The van der Waals surface area contributed by atoms with Crippen LogP contribution < -0.4 is 5.30 Å². The summed E-state index contributed by atoms with van der Waals surface area (Å²) in [4.78, 5) is 0. The molecule has 13 heavy (non-hydrogen) atoms. The summed E-state index contributed by atoms with van der Waals surface area (Å²) in [7, 11) is 0. The van der Waals surface area contributed by atoms with E-state index in [2.05, 4.69) is 29.3 Å². The lowest BCUT2D eigenvalue weighted by Crippen LogP contribution is -2.05. The molecule has 1 atom stereocenters. The quantitative estimate of drug-likeness (QED) is 0.759. The summed E-state index contributed by atoms with van der Waals surface area (Å²) in [6.07, 6.45) is 0.719. The highest BCUT2D eigenvalue weighted by Gasteiger charge is 2.21. The fraction of sp³-hybridized carbons (Fsp3) is 0.400. The molecule has 0 spiro atoms. The van der Waals surface area contributed by atoms with Gasteiger partial charge in [-0.25, -0.2) is 0 Å². The van der Waals surface area contributed by atoms with Crippen LogP contribution in [-0.4, -0.2) is 6.16 Å². The zero-order chi connectivity index (χ0) is 9.90. The molecule has 1 aromatic rings. The summed E-state index contributed by atoms with van der Waals surface area (Å²) < 4.78 is 12.1. The zero-order valence-electron chi connectivity index (χ0n) is 7.90. The predicted octanol–water partition coefficient (Wildman–Crippen LogP) is 3.64. The van der Waals surface area contributed by atoms with Crippen LogP contribution in [0.4, 0.5) is 0 Å². The van der Waals surface area contributed by atoms with Crippen molar-refractivity contribution in [3.63, 3.8) is 0 Å². The Morgan fingerprint density at radius 3 is 2.31 bits per heavy atom. The van der Waals surface area contributed by atoms with Crippen LogP contribution in [0.1, 0.15) is 13.8 Å². The Balaban J connectivity index is 2.88. The number of halogens is 1. The summed E-state index contributed by atoms with van der Waals surface area (Å²) in [6.45, 7) is 4.16. The van der Waals surface area contributed by atoms with Gasteiger partial charge in [-0.05, 0) is 21.4 Å². The van der Waals surface area contributed by atoms with E-state index < -0.39 is 5.84 Å². The molecule has 0 fully saturated rings. The van der Waals surface area contributed by atoms with Gasteiger partial charge in [0.05, 0.1) is 0 Å². The van der Waals surface area contributed by atoms with Gasteiger partial charge in [-0.1, -0.05) is 44.2 Å². The molecule has 0 amide bonds. The van der Waals surface area contributed by atoms with E-state index in [0.717, 1.165) is 11.5 Å². The van der Waals surface area contributed by atoms with Crippen LogP contribution in [-0.2, 0) is 4.57 Å². The van der Waals surface area contributed by atoms with Crippen LogP contribution in [0.15, 0.2) is 30.3 Å². The Morgan fingerprint density at radius 2 is 1.85 bits per heavy atom. The highest BCUT2D eigenvalue weighted by atomic mass is 79.9. The van der Waals surface area contributed by atoms with Crippen molar-refractivity contribution < 1.29 is 4.57 Å². The summed E-state index contributed by atoms with van der Waals surface area (Å²) in [6, 6.07) is 9.61. The van der Waals surface area contributed by atoms with Crippen molar-refractivity contribution in [1.29, 1.82) is 0 Å². The van der Waals surface area contributed by atoms with E-state index in [-0.39, 0.29) is 0 Å². The largest absolute Gasteiger partial charge is 0.307 e. The number of hydrogen-bond acceptors (Lipinski definition) is 1. The maximum absolute atomic E-state index is 12.1. The SMILES string of the molecule is CC(C)C[P@@](=O)(Br)c1ccccc1. The Labute approximate surface area is 87.7 Å². The topological polar surface area (TPSA) is 17.1 Å². The monoisotopic (exact) mass is 260 g/mol. The van der Waals surface area contributed by atoms with Crippen LogP contribution in [0.3, 0.4) is 0 Å². The van der Waals surface area contributed by atoms with Gasteiger partial charge in [0.15, 0.2) is 5.84 Å². The second kappa shape index (κ2) is 4.43. The highest BCUT2D eigenvalue weighted by Crippen LogP contribution is 2.53. The smallest absolute Gasteiger partial charge is 0.176 e. The first-order valence-electron chi connectivity index (χ1n) is 4.37. The zero-order valence-corrected chi connectivity index (χ0v) is 10.4. The molecule has 1 aromatic carbocycles. The molecule has 0 radical (unpaired) electrons. The minimum absolute atomic E-state index is 0.449. The average molecular weight is 261 g/mol. The minimum atomic E-state index is -2.29. The first-order valence-corrected chi connectivity index (χ1v) is 8.28. The third-order valence-electron chi connectivity index (χ3n) is 1.74. The van der Waals surface area contributed by atoms with E-state index in [4.69, 9.17) is 0 Å². The molecule has 0 aliphatic carbocycles. The van der Waals surface area contributed by atoms with Gasteiger partial charge in [0.2, 0.25) is 0 Å². The predicted molar refractivity (Wildman–Crippen MR) is 62.3 cm³/mol. The van der Waals surface area contributed by atoms with Crippen molar-refractivity contribution in [3.8, 4) is 0 Å². The summed E-state index contributed by atoms with van der Waals surface area (Å²) in [5.41, 5.74) is 0. The van der Waals surface area contributed by atoms with Gasteiger partial charge >= 0.3 is 0 Å². The third-order valence-corrected chi connectivity index (χ3v) is 6.11. The molecule has 72 valence electrons. The van der Waals surface area contributed by atoms with Crippen molar-refractivity contribution in [1.82, 2.24) is 0 Å². The summed E-state index contributed by atoms with van der Waals surface area (Å²) in [5, 5.41) is 0.920. The molecule has 0 aromatic heterocycles. The molecule has 0 aliphatic heterocycles. The van der Waals surface area contributed by atoms with Gasteiger partial charge < -0.3 is 4.57 Å². The number of rotatable bonds is 3. The van der Waals surface area contributed by atoms with E-state index in [1.807, 2.05) is 30.3 Å². The van der Waals surface area contributed by atoms with E-state index >= 15 is 0 Å². The Hall–Kier alpha value is -0.0700. The maximum atomic E-state index is 12.1. The second-order valence-corrected chi connectivity index (χ2v) is 9.19. The first kappa shape index (κ1) is 11.0. The molecule has 0 bridgehead atoms. The first-order chi connectivity index (χ1) is 6.02. The van der Waals surface area contributed by atoms with Crippen molar-refractivity contribution in [3.05, 3.63) is 30.3 Å². The van der Waals surface area contributed by atoms with Crippen LogP contribution >= 0.6 is 21.3 Å². The normalized spacial score (nSPS) is 15.7. The fourth-order valence-electron chi connectivity index (χ4n) is 1.23. The maximum Gasteiger partial charge on any atom is 0.176 e. The molecular formula is C10H14BrOP. The van der Waals surface area contributed by atoms with Crippen LogP contribution in [0.2, 0.25) is 0 Å². The van der Waals surface area contributed by atoms with Gasteiger partial charge in [-0.3, -0.25) is 0 Å². The molecule has 1 nitrogen and oxygen atoms in total. The van der Waals surface area contributed by atoms with Gasteiger partial charge in [-0.2, -0.15) is 0 Å². The molecular weight excluding hydrogens is 247 g/mol. The third kappa shape index (κ3) is 3.28. The van der Waals surface area contributed by atoms with Gasteiger partial charge in [0.1, 0.15) is 0 Å². The Morgan fingerprint density at radius 1 is 1.31 bits per heavy atom. The van der Waals surface area contributed by atoms with Crippen molar-refractivity contribution in [2.75, 3.05) is 6.16 Å². The van der Waals surface area contributed by atoms with Gasteiger partial charge in [0, 0.05) is 11.5 Å². The van der Waals surface area contributed by atoms with E-state index in [9.17, 15) is 4.57 Å². The molecule has 0 N–H and O–H groups in total. The second-order valence-electron chi connectivity index (χ2n) is 3.56. The number of benzene rings is 1. The molecule has 1 rings (SSSR count). The molecule has 0 aliphatic rings. The lowest BCUT2D eigenvalue weighted by Gasteiger charge is -2.13. The average Bonchev–Trinajstić information content (AvgIpc) is 2.04. The summed E-state index contributed by atoms with van der Waals surface area (Å²) in [5.74, 6) is -1.84. The highest BCUT2D eigenvalue weighted by molar-refractivity contribution is 9.41. The standard InChI is InChI=1S/C10H14BrOP/c1-9(2)8-13(11,12)10-6-4-3-5-7-10/h3-7,9H,8H2,1-2H3/t13-/m0/s1. The molecule has 3 heteroatoms. The van der Waals surface area contributed by atoms with Crippen LogP contribution in [0.25, 0.3) is 0 Å². The van der Waals surface area contributed by atoms with Crippen LogP contribution in [0, 0.1) is 5.92 Å². The van der Waals surface area contributed by atoms with Crippen molar-refractivity contribution in [2.45, 2.75) is 13.8 Å². The summed E-state index contributed by atoms with van der Waals surface area (Å²) >= 11 is 3.35. The van der Waals surface area contributed by atoms with Gasteiger partial charge in [0.25, 0.3) is 0 Å². The van der Waals surface area contributed by atoms with Crippen molar-refractivity contribution >= 4 is 26.6 Å².